The maximum absolute atomic E-state index is 13.1. The summed E-state index contributed by atoms with van der Waals surface area (Å²) in [7, 11) is 0. The zero-order valence-electron chi connectivity index (χ0n) is 21.9. The van der Waals surface area contributed by atoms with E-state index in [1.165, 1.54) is 17.0 Å². The second-order valence-corrected chi connectivity index (χ2v) is 11.1. The molecule has 220 valence electrons. The third-order valence-corrected chi connectivity index (χ3v) is 7.66. The highest BCUT2D eigenvalue weighted by Gasteiger charge is 2.45. The number of aliphatic carboxylic acids is 1. The molecule has 1 aliphatic carbocycles. The second-order valence-electron chi connectivity index (χ2n) is 10.2. The van der Waals surface area contributed by atoms with Crippen LogP contribution in [0.25, 0.3) is 10.9 Å². The van der Waals surface area contributed by atoms with Gasteiger partial charge in [0.15, 0.2) is 0 Å². The summed E-state index contributed by atoms with van der Waals surface area (Å²) in [5.74, 6) is -4.71. The Kier molecular flexibility index (Phi) is 8.76. The fourth-order valence-electron chi connectivity index (χ4n) is 5.34. The summed E-state index contributed by atoms with van der Waals surface area (Å²) < 4.78 is 68.1. The molecule has 3 aromatic rings. The number of carboxylic acids is 1. The number of fused-ring (bicyclic) bond motifs is 1. The first kappa shape index (κ1) is 30.5. The number of ether oxygens (including phenoxy) is 1. The number of para-hydroxylation sites is 1. The molecule has 2 aromatic carbocycles. The number of nitrogens with two attached hydrogens (primary N) is 1. The van der Waals surface area contributed by atoms with Crippen molar-refractivity contribution in [1.29, 1.82) is 0 Å². The molecule has 2 atom stereocenters. The Morgan fingerprint density at radius 3 is 2.44 bits per heavy atom. The predicted octanol–water partition coefficient (Wildman–Crippen LogP) is 6.80. The third kappa shape index (κ3) is 7.24. The van der Waals surface area contributed by atoms with Gasteiger partial charge in [0.25, 0.3) is 5.92 Å². The van der Waals surface area contributed by atoms with Gasteiger partial charge in [-0.05, 0) is 61.9 Å². The quantitative estimate of drug-likeness (QED) is 0.296. The summed E-state index contributed by atoms with van der Waals surface area (Å²) in [6.07, 6.45) is -2.43. The Hall–Kier alpha value is -3.48. The van der Waals surface area contributed by atoms with E-state index in [9.17, 15) is 31.5 Å². The molecule has 13 heteroatoms. The average molecular weight is 644 g/mol. The molecule has 0 bridgehead atoms. The van der Waals surface area contributed by atoms with E-state index in [0.29, 0.717) is 59.1 Å². The van der Waals surface area contributed by atoms with Crippen LogP contribution in [0.15, 0.2) is 46.9 Å². The fourth-order valence-corrected chi connectivity index (χ4v) is 5.70. The average Bonchev–Trinajstić information content (AvgIpc) is 2.86. The second kappa shape index (κ2) is 11.8. The minimum absolute atomic E-state index is 0.205. The summed E-state index contributed by atoms with van der Waals surface area (Å²) in [6, 6.07) is 11.2. The van der Waals surface area contributed by atoms with Crippen LogP contribution in [-0.2, 0) is 4.79 Å². The Morgan fingerprint density at radius 2 is 1.83 bits per heavy atom. The van der Waals surface area contributed by atoms with Gasteiger partial charge in [-0.2, -0.15) is 0 Å². The number of benzene rings is 2. The molecule has 2 heterocycles. The van der Waals surface area contributed by atoms with Crippen molar-refractivity contribution in [3.8, 4) is 5.75 Å². The van der Waals surface area contributed by atoms with E-state index >= 15 is 0 Å². The van der Waals surface area contributed by atoms with E-state index in [1.54, 1.807) is 37.3 Å². The number of hydrogen-bond acceptors (Lipinski definition) is 5. The molecule has 2 aliphatic rings. The van der Waals surface area contributed by atoms with Gasteiger partial charge in [0, 0.05) is 15.4 Å². The van der Waals surface area contributed by atoms with Crippen LogP contribution in [0, 0.1) is 12.8 Å². The van der Waals surface area contributed by atoms with E-state index in [2.05, 4.69) is 25.7 Å². The van der Waals surface area contributed by atoms with Crippen molar-refractivity contribution in [3.05, 3.63) is 63.6 Å². The van der Waals surface area contributed by atoms with Crippen LogP contribution in [0.3, 0.4) is 0 Å². The van der Waals surface area contributed by atoms with Gasteiger partial charge in [-0.25, -0.2) is 13.8 Å². The van der Waals surface area contributed by atoms with Crippen molar-refractivity contribution in [3.63, 3.8) is 0 Å². The Bertz CT molecular complexity index is 1460. The number of anilines is 1. The minimum atomic E-state index is -4.74. The molecule has 2 unspecified atom stereocenters. The molecule has 5 rings (SSSR count). The number of pyridine rings is 1. The third-order valence-electron chi connectivity index (χ3n) is 7.16. The lowest BCUT2D eigenvalue weighted by Crippen LogP contribution is -2.57. The molecule has 3 N–H and O–H groups in total. The van der Waals surface area contributed by atoms with Gasteiger partial charge in [0.1, 0.15) is 11.6 Å². The monoisotopic (exact) mass is 643 g/mol. The topological polar surface area (TPSA) is 106 Å². The molecule has 1 aromatic heterocycles. The lowest BCUT2D eigenvalue weighted by Gasteiger charge is -2.40. The molecule has 0 spiro atoms. The van der Waals surface area contributed by atoms with E-state index in [1.807, 2.05) is 0 Å². The maximum Gasteiger partial charge on any atom is 0.573 e. The van der Waals surface area contributed by atoms with Crippen molar-refractivity contribution in [2.75, 3.05) is 18.0 Å². The summed E-state index contributed by atoms with van der Waals surface area (Å²) in [6.45, 7) is 0.904. The number of carboxylic acid groups (broad SMARTS) is 1. The summed E-state index contributed by atoms with van der Waals surface area (Å²) in [5, 5.41) is 9.66. The van der Waals surface area contributed by atoms with E-state index in [0.717, 1.165) is 4.47 Å². The molecule has 1 amide bonds. The Balaban J connectivity index is 0.000000189. The Morgan fingerprint density at radius 1 is 1.15 bits per heavy atom. The van der Waals surface area contributed by atoms with E-state index < -0.39 is 30.1 Å². The molecule has 2 fully saturated rings. The van der Waals surface area contributed by atoms with Gasteiger partial charge >= 0.3 is 12.3 Å². The van der Waals surface area contributed by atoms with Gasteiger partial charge in [-0.15, -0.1) is 13.2 Å². The van der Waals surface area contributed by atoms with Crippen LogP contribution in [0.5, 0.6) is 5.75 Å². The van der Waals surface area contributed by atoms with Crippen LogP contribution in [-0.4, -0.2) is 47.3 Å². The number of hydrogen-bond donors (Lipinski definition) is 2. The standard InChI is InChI=1S/C14H12BrF2N3O.C14H15F3O3/c1-7-11(12(18)21)9-4-8(15)2-3-10(9)19-13(7)20-5-14(16,17)6-20;15-14(16,17)20-12-7-2-1-6-11(12)9-4-3-5-10(8-9)13(18)19/h2-4H,5-6H2,1H3,(H2,18,21);1-2,6-7,9-10H,3-5,8H2,(H,18,19). The van der Waals surface area contributed by atoms with Crippen molar-refractivity contribution in [1.82, 2.24) is 4.98 Å². The SMILES string of the molecule is Cc1c(N2CC(F)(F)C2)nc2ccc(Br)cc2c1C(N)=O.O=C(O)C1CCCC(c2ccccc2OC(F)(F)F)C1. The van der Waals surface area contributed by atoms with Gasteiger partial charge < -0.3 is 20.5 Å². The first-order valence-corrected chi connectivity index (χ1v) is 13.5. The molecule has 41 heavy (non-hydrogen) atoms. The first-order chi connectivity index (χ1) is 19.1. The molecule has 1 saturated heterocycles. The molecule has 1 aliphatic heterocycles. The lowest BCUT2D eigenvalue weighted by atomic mass is 9.78. The van der Waals surface area contributed by atoms with Crippen LogP contribution < -0.4 is 15.4 Å². The summed E-state index contributed by atoms with van der Waals surface area (Å²) in [5.41, 5.74) is 7.32. The largest absolute Gasteiger partial charge is 0.573 e. The van der Waals surface area contributed by atoms with Crippen LogP contribution in [0.4, 0.5) is 27.8 Å². The molecule has 0 radical (unpaired) electrons. The van der Waals surface area contributed by atoms with Gasteiger partial charge in [0.05, 0.1) is 30.1 Å². The number of amides is 1. The first-order valence-electron chi connectivity index (χ1n) is 12.7. The zero-order chi connectivity index (χ0) is 30.1. The molecular formula is C28H27BrF5N3O4. The molecule has 7 nitrogen and oxygen atoms in total. The number of alkyl halides is 5. The number of halogens is 6. The van der Waals surface area contributed by atoms with Gasteiger partial charge in [0.2, 0.25) is 5.91 Å². The predicted molar refractivity (Wildman–Crippen MR) is 145 cm³/mol. The summed E-state index contributed by atoms with van der Waals surface area (Å²) >= 11 is 3.34. The highest BCUT2D eigenvalue weighted by Crippen LogP contribution is 2.41. The zero-order valence-corrected chi connectivity index (χ0v) is 23.4. The van der Waals surface area contributed by atoms with Crippen molar-refractivity contribution in [2.45, 2.75) is 50.8 Å². The van der Waals surface area contributed by atoms with Crippen molar-refractivity contribution >= 4 is 44.5 Å². The number of aromatic nitrogens is 1. The number of nitrogens with zero attached hydrogens (tertiary/aromatic N) is 2. The minimum Gasteiger partial charge on any atom is -0.481 e. The summed E-state index contributed by atoms with van der Waals surface area (Å²) in [4.78, 5) is 28.7. The van der Waals surface area contributed by atoms with Crippen molar-refractivity contribution < 1.29 is 41.4 Å². The van der Waals surface area contributed by atoms with Gasteiger partial charge in [-0.3, -0.25) is 9.59 Å². The maximum atomic E-state index is 13.1. The normalized spacial score (nSPS) is 20.0. The van der Waals surface area contributed by atoms with E-state index in [-0.39, 0.29) is 24.8 Å². The van der Waals surface area contributed by atoms with Gasteiger partial charge in [-0.1, -0.05) is 40.5 Å². The van der Waals surface area contributed by atoms with Crippen molar-refractivity contribution in [2.24, 2.45) is 11.7 Å². The number of rotatable bonds is 5. The Labute approximate surface area is 240 Å². The molecule has 1 saturated carbocycles. The number of carbonyl (C=O) groups is 2. The smallest absolute Gasteiger partial charge is 0.481 e. The van der Waals surface area contributed by atoms with Crippen LogP contribution in [0.1, 0.15) is 53.1 Å². The fraction of sp³-hybridized carbons (Fsp3) is 0.393. The number of carbonyl (C=O) groups excluding carboxylic acids is 1. The van der Waals surface area contributed by atoms with Crippen LogP contribution >= 0.6 is 15.9 Å². The number of primary amides is 1. The molecular weight excluding hydrogens is 617 g/mol. The highest BCUT2D eigenvalue weighted by molar-refractivity contribution is 9.10. The van der Waals surface area contributed by atoms with E-state index in [4.69, 9.17) is 10.8 Å². The highest BCUT2D eigenvalue weighted by atomic mass is 79.9. The lowest BCUT2D eigenvalue weighted by molar-refractivity contribution is -0.275. The van der Waals surface area contributed by atoms with Crippen LogP contribution in [0.2, 0.25) is 0 Å².